The minimum absolute atomic E-state index is 0.975. The van der Waals surface area contributed by atoms with Gasteiger partial charge in [0.15, 0.2) is 0 Å². The van der Waals surface area contributed by atoms with Gasteiger partial charge >= 0.3 is 0 Å². The van der Waals surface area contributed by atoms with Crippen LogP contribution in [-0.4, -0.2) is 21.4 Å². The molecule has 0 atom stereocenters. The third-order valence-electron chi connectivity index (χ3n) is 2.56. The average Bonchev–Trinajstić information content (AvgIpc) is 2.89. The molecule has 0 spiro atoms. The summed E-state index contributed by atoms with van der Waals surface area (Å²) in [5.41, 5.74) is 2.53. The molecule has 15 heavy (non-hydrogen) atoms. The van der Waals surface area contributed by atoms with E-state index in [1.807, 2.05) is 24.5 Å². The predicted octanol–water partition coefficient (Wildman–Crippen LogP) is 2.36. The number of hydrogen-bond acceptors (Lipinski definition) is 1. The molecule has 2 aromatic heterocycles. The Morgan fingerprint density at radius 1 is 1.00 bits per heavy atom. The van der Waals surface area contributed by atoms with Crippen LogP contribution in [0, 0.1) is 0 Å². The number of rotatable bonds is 5. The zero-order valence-electron chi connectivity index (χ0n) is 9.03. The Kier molecular flexibility index (Phi) is 3.25. The first-order valence-electron chi connectivity index (χ1n) is 5.35. The van der Waals surface area contributed by atoms with E-state index < -0.39 is 0 Å². The number of hydrogen-bond donors (Lipinski definition) is 2. The van der Waals surface area contributed by atoms with Crippen LogP contribution in [0.1, 0.15) is 18.3 Å². The highest BCUT2D eigenvalue weighted by Crippen LogP contribution is 2.06. The summed E-state index contributed by atoms with van der Waals surface area (Å²) in [7, 11) is 0. The fourth-order valence-electron chi connectivity index (χ4n) is 1.69. The molecule has 0 bridgehead atoms. The Hall–Kier alpha value is -1.48. The number of nitrogens with one attached hydrogen (secondary N) is 2. The van der Waals surface area contributed by atoms with Crippen molar-refractivity contribution in [3.63, 3.8) is 0 Å². The molecule has 0 fully saturated rings. The lowest BCUT2D eigenvalue weighted by Crippen LogP contribution is -2.22. The molecule has 2 rings (SSSR count). The highest BCUT2D eigenvalue weighted by atomic mass is 15.1. The van der Waals surface area contributed by atoms with Crippen molar-refractivity contribution >= 4 is 0 Å². The molecule has 0 aromatic carbocycles. The van der Waals surface area contributed by atoms with Crippen LogP contribution < -0.4 is 0 Å². The Labute approximate surface area is 90.1 Å². The van der Waals surface area contributed by atoms with Crippen molar-refractivity contribution in [2.24, 2.45) is 0 Å². The highest BCUT2D eigenvalue weighted by molar-refractivity contribution is 5.06. The maximum absolute atomic E-state index is 3.23. The summed E-state index contributed by atoms with van der Waals surface area (Å²) < 4.78 is 0. The van der Waals surface area contributed by atoms with E-state index in [1.54, 1.807) is 0 Å². The molecule has 2 heterocycles. The maximum atomic E-state index is 3.23. The van der Waals surface area contributed by atoms with E-state index >= 15 is 0 Å². The molecule has 0 saturated heterocycles. The van der Waals surface area contributed by atoms with Crippen molar-refractivity contribution in [2.45, 2.75) is 20.0 Å². The molecular weight excluding hydrogens is 186 g/mol. The zero-order chi connectivity index (χ0) is 10.5. The second-order valence-electron chi connectivity index (χ2n) is 3.69. The number of nitrogens with zero attached hydrogens (tertiary/aromatic N) is 1. The van der Waals surface area contributed by atoms with E-state index in [-0.39, 0.29) is 0 Å². The third kappa shape index (κ3) is 2.73. The lowest BCUT2D eigenvalue weighted by Gasteiger charge is -2.18. The van der Waals surface area contributed by atoms with Gasteiger partial charge in [0.1, 0.15) is 0 Å². The maximum Gasteiger partial charge on any atom is 0.0389 e. The monoisotopic (exact) mass is 203 g/mol. The standard InChI is InChI=1S/C12H17N3/c1-2-15(9-11-5-3-7-13-11)10-12-6-4-8-14-12/h3-8,13-14H,2,9-10H2,1H3. The molecule has 0 saturated carbocycles. The number of aromatic nitrogens is 2. The summed E-state index contributed by atoms with van der Waals surface area (Å²) in [6.45, 7) is 5.19. The third-order valence-corrected chi connectivity index (χ3v) is 2.56. The molecule has 2 N–H and O–H groups in total. The summed E-state index contributed by atoms with van der Waals surface area (Å²) >= 11 is 0. The quantitative estimate of drug-likeness (QED) is 0.768. The second kappa shape index (κ2) is 4.84. The van der Waals surface area contributed by atoms with E-state index in [1.165, 1.54) is 11.4 Å². The van der Waals surface area contributed by atoms with Crippen LogP contribution in [0.4, 0.5) is 0 Å². The molecular formula is C12H17N3. The van der Waals surface area contributed by atoms with Crippen LogP contribution in [0.15, 0.2) is 36.7 Å². The Balaban J connectivity index is 1.93. The smallest absolute Gasteiger partial charge is 0.0389 e. The molecule has 0 radical (unpaired) electrons. The fourth-order valence-corrected chi connectivity index (χ4v) is 1.69. The molecule has 0 amide bonds. The summed E-state index contributed by atoms with van der Waals surface area (Å²) in [5.74, 6) is 0. The first-order valence-corrected chi connectivity index (χ1v) is 5.35. The lowest BCUT2D eigenvalue weighted by molar-refractivity contribution is 0.266. The first kappa shape index (κ1) is 10.1. The summed E-state index contributed by atoms with van der Waals surface area (Å²) in [5, 5.41) is 0. The van der Waals surface area contributed by atoms with E-state index in [0.717, 1.165) is 19.6 Å². The van der Waals surface area contributed by atoms with Gasteiger partial charge in [-0.15, -0.1) is 0 Å². The van der Waals surface area contributed by atoms with Gasteiger partial charge in [0.25, 0.3) is 0 Å². The minimum Gasteiger partial charge on any atom is -0.364 e. The fraction of sp³-hybridized carbons (Fsp3) is 0.333. The van der Waals surface area contributed by atoms with Crippen molar-refractivity contribution in [1.29, 1.82) is 0 Å². The normalized spacial score (nSPS) is 11.1. The van der Waals surface area contributed by atoms with Gasteiger partial charge in [0, 0.05) is 36.9 Å². The van der Waals surface area contributed by atoms with Crippen LogP contribution in [0.25, 0.3) is 0 Å². The van der Waals surface area contributed by atoms with Crippen LogP contribution in [0.2, 0.25) is 0 Å². The highest BCUT2D eigenvalue weighted by Gasteiger charge is 2.05. The van der Waals surface area contributed by atoms with Gasteiger partial charge in [0.05, 0.1) is 0 Å². The van der Waals surface area contributed by atoms with Crippen molar-refractivity contribution in [3.8, 4) is 0 Å². The van der Waals surface area contributed by atoms with Gasteiger partial charge in [-0.05, 0) is 30.8 Å². The van der Waals surface area contributed by atoms with Crippen molar-refractivity contribution in [1.82, 2.24) is 14.9 Å². The number of H-pyrrole nitrogens is 2. The molecule has 3 nitrogen and oxygen atoms in total. The molecule has 80 valence electrons. The largest absolute Gasteiger partial charge is 0.364 e. The average molecular weight is 203 g/mol. The van der Waals surface area contributed by atoms with Crippen molar-refractivity contribution in [2.75, 3.05) is 6.54 Å². The van der Waals surface area contributed by atoms with Gasteiger partial charge in [0.2, 0.25) is 0 Å². The lowest BCUT2D eigenvalue weighted by atomic mass is 10.3. The van der Waals surface area contributed by atoms with Crippen LogP contribution in [0.5, 0.6) is 0 Å². The number of aromatic amines is 2. The Bertz CT molecular complexity index is 325. The van der Waals surface area contributed by atoms with E-state index in [2.05, 4.69) is 33.9 Å². The van der Waals surface area contributed by atoms with Crippen LogP contribution in [-0.2, 0) is 13.1 Å². The SMILES string of the molecule is CCN(Cc1ccc[nH]1)Cc1ccc[nH]1. The Morgan fingerprint density at radius 3 is 1.87 bits per heavy atom. The molecule has 0 unspecified atom stereocenters. The van der Waals surface area contributed by atoms with Gasteiger partial charge in [-0.25, -0.2) is 0 Å². The predicted molar refractivity (Wildman–Crippen MR) is 61.4 cm³/mol. The molecule has 3 heteroatoms. The van der Waals surface area contributed by atoms with E-state index in [0.29, 0.717) is 0 Å². The van der Waals surface area contributed by atoms with Crippen LogP contribution in [0.3, 0.4) is 0 Å². The summed E-state index contributed by atoms with van der Waals surface area (Å²) in [4.78, 5) is 8.85. The molecule has 0 aliphatic heterocycles. The molecule has 2 aromatic rings. The topological polar surface area (TPSA) is 34.8 Å². The van der Waals surface area contributed by atoms with Gasteiger partial charge < -0.3 is 9.97 Å². The minimum atomic E-state index is 0.975. The first-order chi connectivity index (χ1) is 7.38. The van der Waals surface area contributed by atoms with Gasteiger partial charge in [-0.1, -0.05) is 6.92 Å². The molecule has 0 aliphatic carbocycles. The van der Waals surface area contributed by atoms with E-state index in [4.69, 9.17) is 0 Å². The summed E-state index contributed by atoms with van der Waals surface area (Å²) in [6, 6.07) is 8.32. The van der Waals surface area contributed by atoms with Gasteiger partial charge in [-0.3, -0.25) is 4.90 Å². The van der Waals surface area contributed by atoms with Crippen molar-refractivity contribution < 1.29 is 0 Å². The van der Waals surface area contributed by atoms with Gasteiger partial charge in [-0.2, -0.15) is 0 Å². The van der Waals surface area contributed by atoms with Crippen LogP contribution >= 0.6 is 0 Å². The van der Waals surface area contributed by atoms with Crippen molar-refractivity contribution in [3.05, 3.63) is 48.0 Å². The second-order valence-corrected chi connectivity index (χ2v) is 3.69. The molecule has 0 aliphatic rings. The zero-order valence-corrected chi connectivity index (χ0v) is 9.03. The summed E-state index contributed by atoms with van der Waals surface area (Å²) in [6.07, 6.45) is 3.94. The van der Waals surface area contributed by atoms with E-state index in [9.17, 15) is 0 Å². The Morgan fingerprint density at radius 2 is 1.53 bits per heavy atom.